The standard InChI is InChI=1S/C20H32O4Si/c1-6-14-22-25(23-15-7-2)19-11-9-8-10-18(19)13-12-17(5)24-20(21)16(3)4/h8-11,17,25H,3,6-7,12-15H2,1-2,4-5H3. The molecule has 1 rings (SSSR count). The van der Waals surface area contributed by atoms with Crippen LogP contribution in [0.4, 0.5) is 0 Å². The third-order valence-electron chi connectivity index (χ3n) is 3.73. The molecule has 0 bridgehead atoms. The van der Waals surface area contributed by atoms with Crippen LogP contribution in [0.2, 0.25) is 0 Å². The fourth-order valence-electron chi connectivity index (χ4n) is 2.37. The van der Waals surface area contributed by atoms with Crippen molar-refractivity contribution < 1.29 is 18.4 Å². The maximum atomic E-state index is 11.6. The van der Waals surface area contributed by atoms with E-state index in [4.69, 9.17) is 13.6 Å². The van der Waals surface area contributed by atoms with Crippen molar-refractivity contribution in [2.24, 2.45) is 0 Å². The Bertz CT molecular complexity index is 536. The second-order valence-electron chi connectivity index (χ2n) is 6.31. The van der Waals surface area contributed by atoms with Crippen LogP contribution in [0.15, 0.2) is 36.4 Å². The lowest BCUT2D eigenvalue weighted by Gasteiger charge is -2.20. The molecule has 1 aromatic rings. The highest BCUT2D eigenvalue weighted by atomic mass is 28.3. The van der Waals surface area contributed by atoms with Crippen molar-refractivity contribution in [1.29, 1.82) is 0 Å². The Kier molecular flexibility index (Phi) is 10.4. The summed E-state index contributed by atoms with van der Waals surface area (Å²) in [6.45, 7) is 12.9. The lowest BCUT2D eigenvalue weighted by Crippen LogP contribution is -2.40. The summed E-state index contributed by atoms with van der Waals surface area (Å²) in [6.07, 6.45) is 3.41. The number of rotatable bonds is 12. The molecule has 0 saturated heterocycles. The molecule has 4 nitrogen and oxygen atoms in total. The number of carbonyl (C=O) groups excluding carboxylic acids is 1. The molecule has 140 valence electrons. The number of ether oxygens (including phenoxy) is 1. The van der Waals surface area contributed by atoms with E-state index < -0.39 is 9.28 Å². The molecule has 0 N–H and O–H groups in total. The molecule has 0 aliphatic rings. The Hall–Kier alpha value is -1.43. The van der Waals surface area contributed by atoms with Gasteiger partial charge in [-0.25, -0.2) is 4.79 Å². The number of aryl methyl sites for hydroxylation is 1. The van der Waals surface area contributed by atoms with Crippen LogP contribution in [0.5, 0.6) is 0 Å². The summed E-state index contributed by atoms with van der Waals surface area (Å²) in [5, 5.41) is 1.20. The van der Waals surface area contributed by atoms with Crippen LogP contribution in [0.1, 0.15) is 52.5 Å². The normalized spacial score (nSPS) is 12.2. The van der Waals surface area contributed by atoms with Crippen LogP contribution in [0, 0.1) is 0 Å². The predicted octanol–water partition coefficient (Wildman–Crippen LogP) is 3.41. The molecule has 25 heavy (non-hydrogen) atoms. The minimum atomic E-state index is -1.90. The molecule has 1 aromatic carbocycles. The minimum absolute atomic E-state index is 0.148. The van der Waals surface area contributed by atoms with Gasteiger partial charge in [0.15, 0.2) is 0 Å². The maximum absolute atomic E-state index is 11.6. The first-order chi connectivity index (χ1) is 12.0. The van der Waals surface area contributed by atoms with E-state index in [1.807, 2.05) is 19.1 Å². The largest absolute Gasteiger partial charge is 0.459 e. The zero-order valence-electron chi connectivity index (χ0n) is 16.0. The van der Waals surface area contributed by atoms with Crippen molar-refractivity contribution in [3.05, 3.63) is 42.0 Å². The molecule has 0 spiro atoms. The van der Waals surface area contributed by atoms with Gasteiger partial charge < -0.3 is 13.6 Å². The van der Waals surface area contributed by atoms with Gasteiger partial charge in [0.1, 0.15) is 0 Å². The number of hydrogen-bond acceptors (Lipinski definition) is 4. The smallest absolute Gasteiger partial charge is 0.356 e. The van der Waals surface area contributed by atoms with Crippen LogP contribution in [-0.2, 0) is 24.8 Å². The molecule has 0 aliphatic heterocycles. The van der Waals surface area contributed by atoms with Gasteiger partial charge in [0, 0.05) is 18.8 Å². The van der Waals surface area contributed by atoms with Gasteiger partial charge in [0.2, 0.25) is 0 Å². The van der Waals surface area contributed by atoms with Crippen molar-refractivity contribution >= 4 is 20.4 Å². The molecule has 1 unspecified atom stereocenters. The second-order valence-corrected chi connectivity index (χ2v) is 8.26. The fourth-order valence-corrected chi connectivity index (χ4v) is 4.54. The van der Waals surface area contributed by atoms with Crippen LogP contribution in [-0.4, -0.2) is 34.6 Å². The van der Waals surface area contributed by atoms with Crippen molar-refractivity contribution in [2.45, 2.75) is 59.5 Å². The molecule has 0 heterocycles. The van der Waals surface area contributed by atoms with Gasteiger partial charge >= 0.3 is 15.3 Å². The molecule has 5 heteroatoms. The number of benzene rings is 1. The van der Waals surface area contributed by atoms with Crippen LogP contribution in [0.3, 0.4) is 0 Å². The minimum Gasteiger partial charge on any atom is -0.459 e. The first-order valence-electron chi connectivity index (χ1n) is 9.17. The highest BCUT2D eigenvalue weighted by Gasteiger charge is 2.20. The van der Waals surface area contributed by atoms with E-state index in [9.17, 15) is 4.79 Å². The van der Waals surface area contributed by atoms with E-state index in [1.54, 1.807) is 6.92 Å². The molecule has 1 atom stereocenters. The predicted molar refractivity (Wildman–Crippen MR) is 104 cm³/mol. The Morgan fingerprint density at radius 1 is 1.16 bits per heavy atom. The van der Waals surface area contributed by atoms with E-state index in [-0.39, 0.29) is 12.1 Å². The third kappa shape index (κ3) is 7.99. The van der Waals surface area contributed by atoms with E-state index >= 15 is 0 Å². The van der Waals surface area contributed by atoms with E-state index in [2.05, 4.69) is 32.6 Å². The topological polar surface area (TPSA) is 44.8 Å². The molecule has 0 aliphatic carbocycles. The van der Waals surface area contributed by atoms with Crippen LogP contribution >= 0.6 is 0 Å². The summed E-state index contributed by atoms with van der Waals surface area (Å²) in [5.41, 5.74) is 1.66. The van der Waals surface area contributed by atoms with Crippen molar-refractivity contribution in [3.63, 3.8) is 0 Å². The quantitative estimate of drug-likeness (QED) is 0.324. The summed E-state index contributed by atoms with van der Waals surface area (Å²) in [4.78, 5) is 11.6. The first kappa shape index (κ1) is 21.6. The molecule has 0 radical (unpaired) electrons. The molecule has 0 fully saturated rings. The van der Waals surface area contributed by atoms with Gasteiger partial charge in [-0.15, -0.1) is 0 Å². The first-order valence-corrected chi connectivity index (χ1v) is 10.7. The Balaban J connectivity index is 2.76. The SMILES string of the molecule is C=C(C)C(=O)OC(C)CCc1ccccc1[SiH](OCCC)OCCC. The van der Waals surface area contributed by atoms with E-state index in [0.29, 0.717) is 5.57 Å². The zero-order chi connectivity index (χ0) is 18.7. The molecule has 0 amide bonds. The van der Waals surface area contributed by atoms with E-state index in [0.717, 1.165) is 38.9 Å². The third-order valence-corrected chi connectivity index (χ3v) is 5.88. The highest BCUT2D eigenvalue weighted by molar-refractivity contribution is 6.61. The summed E-state index contributed by atoms with van der Waals surface area (Å²) >= 11 is 0. The lowest BCUT2D eigenvalue weighted by molar-refractivity contribution is -0.143. The average Bonchev–Trinajstić information content (AvgIpc) is 2.60. The highest BCUT2D eigenvalue weighted by Crippen LogP contribution is 2.10. The maximum Gasteiger partial charge on any atom is 0.356 e. The Morgan fingerprint density at radius 2 is 1.76 bits per heavy atom. The van der Waals surface area contributed by atoms with E-state index in [1.165, 1.54) is 10.8 Å². The van der Waals surface area contributed by atoms with Crippen LogP contribution in [0.25, 0.3) is 0 Å². The van der Waals surface area contributed by atoms with Gasteiger partial charge in [-0.3, -0.25) is 0 Å². The summed E-state index contributed by atoms with van der Waals surface area (Å²) < 4.78 is 17.5. The fraction of sp³-hybridized carbons (Fsp3) is 0.550. The molecule has 0 aromatic heterocycles. The number of carbonyl (C=O) groups is 1. The second kappa shape index (κ2) is 12.0. The zero-order valence-corrected chi connectivity index (χ0v) is 17.2. The molecular weight excluding hydrogens is 332 g/mol. The van der Waals surface area contributed by atoms with Crippen molar-refractivity contribution in [3.8, 4) is 0 Å². The molecule has 0 saturated carbocycles. The average molecular weight is 365 g/mol. The lowest BCUT2D eigenvalue weighted by atomic mass is 10.1. The van der Waals surface area contributed by atoms with Crippen molar-refractivity contribution in [1.82, 2.24) is 0 Å². The monoisotopic (exact) mass is 364 g/mol. The Labute approximate surface area is 154 Å². The Morgan fingerprint density at radius 3 is 2.32 bits per heavy atom. The van der Waals surface area contributed by atoms with Gasteiger partial charge in [0.05, 0.1) is 6.10 Å². The molecular formula is C20H32O4Si. The summed E-state index contributed by atoms with van der Waals surface area (Å²) in [6, 6.07) is 8.30. The summed E-state index contributed by atoms with van der Waals surface area (Å²) in [7, 11) is -1.90. The van der Waals surface area contributed by atoms with Crippen molar-refractivity contribution in [2.75, 3.05) is 13.2 Å². The number of hydrogen-bond donors (Lipinski definition) is 0. The van der Waals surface area contributed by atoms with Gasteiger partial charge in [0.25, 0.3) is 0 Å². The number of esters is 1. The van der Waals surface area contributed by atoms with Gasteiger partial charge in [-0.2, -0.15) is 0 Å². The van der Waals surface area contributed by atoms with Crippen LogP contribution < -0.4 is 5.19 Å². The van der Waals surface area contributed by atoms with Gasteiger partial charge in [-0.1, -0.05) is 44.7 Å². The van der Waals surface area contributed by atoms with Gasteiger partial charge in [-0.05, 0) is 50.3 Å². The summed E-state index contributed by atoms with van der Waals surface area (Å²) in [5.74, 6) is -0.328.